The van der Waals surface area contributed by atoms with E-state index in [0.29, 0.717) is 11.0 Å². The number of nitrogens with one attached hydrogen (secondary N) is 1. The second-order valence-electron chi connectivity index (χ2n) is 6.54. The highest BCUT2D eigenvalue weighted by molar-refractivity contribution is 6.31. The number of alkyl halides is 5. The molecule has 0 saturated carbocycles. The molecule has 0 aliphatic rings. The van der Waals surface area contributed by atoms with E-state index in [4.69, 9.17) is 17.3 Å². The largest absolute Gasteiger partial charge is 0.416 e. The van der Waals surface area contributed by atoms with Crippen molar-refractivity contribution in [2.75, 3.05) is 11.4 Å². The van der Waals surface area contributed by atoms with Gasteiger partial charge >= 0.3 is 12.1 Å². The molecule has 13 heteroatoms. The first-order valence-corrected chi connectivity index (χ1v) is 8.85. The van der Waals surface area contributed by atoms with Crippen LogP contribution in [-0.4, -0.2) is 39.2 Å². The van der Waals surface area contributed by atoms with Crippen molar-refractivity contribution in [3.8, 4) is 0 Å². The van der Waals surface area contributed by atoms with E-state index in [1.165, 1.54) is 13.1 Å². The lowest BCUT2D eigenvalue weighted by molar-refractivity contribution is -0.140. The van der Waals surface area contributed by atoms with Crippen molar-refractivity contribution in [2.24, 2.45) is 5.73 Å². The Labute approximate surface area is 176 Å². The number of rotatable bonds is 5. The van der Waals surface area contributed by atoms with Crippen molar-refractivity contribution >= 4 is 40.1 Å². The Kier molecular flexibility index (Phi) is 5.61. The molecule has 0 fully saturated rings. The number of nitrogens with zero attached hydrogens (tertiary/aromatic N) is 3. The molecule has 0 saturated heterocycles. The fourth-order valence-electron chi connectivity index (χ4n) is 2.72. The lowest BCUT2D eigenvalue weighted by atomic mass is 10.2. The van der Waals surface area contributed by atoms with Crippen LogP contribution in [0.5, 0.6) is 0 Å². The van der Waals surface area contributed by atoms with Gasteiger partial charge in [0.1, 0.15) is 0 Å². The molecule has 0 atom stereocenters. The fourth-order valence-corrected chi connectivity index (χ4v) is 2.87. The molecule has 3 rings (SSSR count). The smallest absolute Gasteiger partial charge is 0.364 e. The Bertz CT molecular complexity index is 1180. The molecule has 2 aromatic heterocycles. The molecule has 7 nitrogen and oxygen atoms in total. The highest BCUT2D eigenvalue weighted by Crippen LogP contribution is 2.32. The van der Waals surface area contributed by atoms with Crippen molar-refractivity contribution in [1.29, 1.82) is 0 Å². The molecule has 0 unspecified atom stereocenters. The Balaban J connectivity index is 2.09. The van der Waals surface area contributed by atoms with Crippen molar-refractivity contribution < 1.29 is 31.5 Å². The van der Waals surface area contributed by atoms with Gasteiger partial charge in [-0.15, -0.1) is 0 Å². The highest BCUT2D eigenvalue weighted by Gasteiger charge is 2.42. The summed E-state index contributed by atoms with van der Waals surface area (Å²) in [5.74, 6) is -7.79. The molecular formula is C18H13ClF5N5O2. The lowest BCUT2D eigenvalue weighted by Gasteiger charge is -2.26. The van der Waals surface area contributed by atoms with Crippen molar-refractivity contribution in [2.45, 2.75) is 19.0 Å². The van der Waals surface area contributed by atoms with E-state index in [-0.39, 0.29) is 27.3 Å². The number of halogens is 6. The molecule has 2 amide bonds. The number of carbonyl (C=O) groups excluding carboxylic acids is 2. The third-order valence-corrected chi connectivity index (χ3v) is 4.77. The Hall–Kier alpha value is -3.28. The minimum absolute atomic E-state index is 0.0529. The van der Waals surface area contributed by atoms with E-state index in [0.717, 1.165) is 18.3 Å². The summed E-state index contributed by atoms with van der Waals surface area (Å²) in [4.78, 5) is 34.7. The van der Waals surface area contributed by atoms with Gasteiger partial charge in [-0.05, 0) is 30.7 Å². The minimum atomic E-state index is -4.64. The highest BCUT2D eigenvalue weighted by atomic mass is 35.5. The maximum atomic E-state index is 14.1. The van der Waals surface area contributed by atoms with E-state index >= 15 is 0 Å². The molecule has 164 valence electrons. The van der Waals surface area contributed by atoms with Gasteiger partial charge in [-0.1, -0.05) is 11.6 Å². The van der Waals surface area contributed by atoms with Gasteiger partial charge in [0.05, 0.1) is 40.0 Å². The molecule has 0 aliphatic carbocycles. The van der Waals surface area contributed by atoms with Gasteiger partial charge in [0.15, 0.2) is 5.82 Å². The van der Waals surface area contributed by atoms with Crippen LogP contribution in [0, 0.1) is 6.92 Å². The van der Waals surface area contributed by atoms with Crippen LogP contribution in [0.1, 0.15) is 21.7 Å². The molecule has 3 N–H and O–H groups in total. The van der Waals surface area contributed by atoms with Gasteiger partial charge in [-0.25, -0.2) is 4.98 Å². The van der Waals surface area contributed by atoms with Gasteiger partial charge in [-0.2, -0.15) is 22.0 Å². The van der Waals surface area contributed by atoms with E-state index < -0.39 is 41.8 Å². The molecule has 3 aromatic rings. The summed E-state index contributed by atoms with van der Waals surface area (Å²) < 4.78 is 66.9. The first-order valence-electron chi connectivity index (χ1n) is 8.48. The molecule has 0 spiro atoms. The summed E-state index contributed by atoms with van der Waals surface area (Å²) in [5, 5.41) is 0.0529. The third-order valence-electron chi connectivity index (χ3n) is 4.39. The van der Waals surface area contributed by atoms with Crippen LogP contribution in [0.15, 0.2) is 30.6 Å². The summed E-state index contributed by atoms with van der Waals surface area (Å²) in [6.07, 6.45) is -2.35. The van der Waals surface area contributed by atoms with Gasteiger partial charge < -0.3 is 10.7 Å². The number of H-pyrrole nitrogens is 1. The maximum Gasteiger partial charge on any atom is 0.416 e. The van der Waals surface area contributed by atoms with Gasteiger partial charge in [0.25, 0.3) is 11.8 Å². The molecule has 0 aliphatic heterocycles. The number of amides is 2. The fraction of sp³-hybridized carbons (Fsp3) is 0.222. The van der Waals surface area contributed by atoms with E-state index in [9.17, 15) is 31.5 Å². The predicted octanol–water partition coefficient (Wildman–Crippen LogP) is 3.71. The number of aromatic nitrogens is 3. The first kappa shape index (κ1) is 22.4. The summed E-state index contributed by atoms with van der Waals surface area (Å²) in [6, 6.07) is 2.53. The van der Waals surface area contributed by atoms with Gasteiger partial charge in [-0.3, -0.25) is 19.5 Å². The van der Waals surface area contributed by atoms with Crippen molar-refractivity contribution in [3.05, 3.63) is 52.6 Å². The topological polar surface area (TPSA) is 105 Å². The summed E-state index contributed by atoms with van der Waals surface area (Å²) in [7, 11) is 0. The standard InChI is InChI=1S/C18H13ClF5N5O2/c1-8-10(19)5-26-6-13(8)29(7-17(20,21)16(25)31)15(30)14-27-11-3-2-9(18(22,23)24)4-12(11)28-14/h2-6H,7H2,1H3,(H2,25,31)(H,27,28). The van der Waals surface area contributed by atoms with Crippen LogP contribution < -0.4 is 10.6 Å². The quantitative estimate of drug-likeness (QED) is 0.565. The summed E-state index contributed by atoms with van der Waals surface area (Å²) in [5.41, 5.74) is 3.62. The Morgan fingerprint density at radius 3 is 2.48 bits per heavy atom. The van der Waals surface area contributed by atoms with E-state index in [1.54, 1.807) is 0 Å². The number of nitrogens with two attached hydrogens (primary N) is 1. The monoisotopic (exact) mass is 461 g/mol. The van der Waals surface area contributed by atoms with E-state index in [2.05, 4.69) is 15.0 Å². The molecule has 2 heterocycles. The molecule has 1 aromatic carbocycles. The average molecular weight is 462 g/mol. The number of benzene rings is 1. The normalized spacial score (nSPS) is 12.2. The van der Waals surface area contributed by atoms with Crippen molar-refractivity contribution in [1.82, 2.24) is 15.0 Å². The van der Waals surface area contributed by atoms with Crippen LogP contribution >= 0.6 is 11.6 Å². The molecule has 0 radical (unpaired) electrons. The van der Waals surface area contributed by atoms with E-state index in [1.807, 2.05) is 0 Å². The Morgan fingerprint density at radius 2 is 1.87 bits per heavy atom. The number of aromatic amines is 1. The zero-order valence-electron chi connectivity index (χ0n) is 15.6. The SMILES string of the molecule is Cc1c(Cl)cncc1N(CC(F)(F)C(N)=O)C(=O)c1nc2cc(C(F)(F)F)ccc2[nH]1. The number of imidazole rings is 1. The van der Waals surface area contributed by atoms with Gasteiger partial charge in [0.2, 0.25) is 0 Å². The zero-order chi connectivity index (χ0) is 23.1. The first-order chi connectivity index (χ1) is 14.3. The molecule has 31 heavy (non-hydrogen) atoms. The summed E-state index contributed by atoms with van der Waals surface area (Å²) >= 11 is 5.96. The third kappa shape index (κ3) is 4.43. The predicted molar refractivity (Wildman–Crippen MR) is 101 cm³/mol. The molecule has 0 bridgehead atoms. The van der Waals surface area contributed by atoms with Crippen LogP contribution in [0.2, 0.25) is 5.02 Å². The van der Waals surface area contributed by atoms with Crippen molar-refractivity contribution in [3.63, 3.8) is 0 Å². The number of anilines is 1. The maximum absolute atomic E-state index is 14.1. The van der Waals surface area contributed by atoms with Crippen LogP contribution in [0.3, 0.4) is 0 Å². The number of hydrogen-bond donors (Lipinski definition) is 2. The number of carbonyl (C=O) groups is 2. The number of fused-ring (bicyclic) bond motifs is 1. The number of pyridine rings is 1. The lowest BCUT2D eigenvalue weighted by Crippen LogP contribution is -2.48. The number of primary amides is 1. The van der Waals surface area contributed by atoms with Crippen LogP contribution in [0.25, 0.3) is 11.0 Å². The zero-order valence-corrected chi connectivity index (χ0v) is 16.4. The second kappa shape index (κ2) is 7.76. The van der Waals surface area contributed by atoms with Crippen LogP contribution in [-0.2, 0) is 11.0 Å². The molecular weight excluding hydrogens is 449 g/mol. The number of hydrogen-bond acceptors (Lipinski definition) is 4. The van der Waals surface area contributed by atoms with Gasteiger partial charge in [0, 0.05) is 6.20 Å². The Morgan fingerprint density at radius 1 is 1.19 bits per heavy atom. The second-order valence-corrected chi connectivity index (χ2v) is 6.95. The minimum Gasteiger partial charge on any atom is -0.364 e. The summed E-state index contributed by atoms with van der Waals surface area (Å²) in [6.45, 7) is -0.0366. The van der Waals surface area contributed by atoms with Crippen LogP contribution in [0.4, 0.5) is 27.6 Å². The average Bonchev–Trinajstić information content (AvgIpc) is 3.10.